The molecule has 0 aromatic carbocycles. The molecule has 0 fully saturated rings. The average molecular weight is 203 g/mol. The summed E-state index contributed by atoms with van der Waals surface area (Å²) in [5.74, 6) is 0. The number of hydrogen-bond acceptors (Lipinski definition) is 0. The van der Waals surface area contributed by atoms with Crippen LogP contribution in [0.3, 0.4) is 0 Å². The van der Waals surface area contributed by atoms with Gasteiger partial charge in [-0.25, -0.2) is 0 Å². The predicted octanol–water partition coefficient (Wildman–Crippen LogP) is 1.56. The Morgan fingerprint density at radius 2 is 1.50 bits per heavy atom. The fraction of sp³-hybridized carbons (Fsp3) is 0. The third kappa shape index (κ3) is 4.33. The zero-order chi connectivity index (χ0) is 5.21. The maximum atomic E-state index is 10.9. The Morgan fingerprint density at radius 1 is 1.33 bits per heavy atom. The first kappa shape index (κ1) is 6.33. The Hall–Kier alpha value is 0.329. The minimum atomic E-state index is -5.97. The quantitative estimate of drug-likeness (QED) is 0.567. The molecule has 0 atom stereocenters. The van der Waals surface area contributed by atoms with Crippen LogP contribution in [0.2, 0.25) is 0 Å². The molecule has 36 valence electrons. The Morgan fingerprint density at radius 3 is 1.50 bits per heavy atom. The van der Waals surface area contributed by atoms with Gasteiger partial charge in [0.1, 0.15) is 0 Å². The summed E-state index contributed by atoms with van der Waals surface area (Å²) < 4.78 is 32.8. The summed E-state index contributed by atoms with van der Waals surface area (Å²) in [4.78, 5) is 0. The van der Waals surface area contributed by atoms with Gasteiger partial charge in [-0.05, 0) is 0 Å². The fourth-order valence-electron chi connectivity index (χ4n) is 0. The Balaban J connectivity index is 3.45. The molecule has 0 saturated heterocycles. The molecule has 0 rings (SSSR count). The average Bonchev–Trinajstić information content (AvgIpc) is 1.35. The van der Waals surface area contributed by atoms with Crippen LogP contribution in [0.5, 0.6) is 0 Å². The van der Waals surface area contributed by atoms with E-state index in [9.17, 15) is 8.60 Å². The van der Waals surface area contributed by atoms with Crippen molar-refractivity contribution in [1.82, 2.24) is 0 Å². The van der Waals surface area contributed by atoms with Gasteiger partial charge < -0.3 is 0 Å². The molecule has 0 N–H and O–H groups in total. The van der Waals surface area contributed by atoms with Crippen LogP contribution in [0, 0.1) is 0 Å². The van der Waals surface area contributed by atoms with Gasteiger partial charge in [-0.2, -0.15) is 0 Å². The van der Waals surface area contributed by atoms with Crippen molar-refractivity contribution in [3.05, 3.63) is 10.7 Å². The van der Waals surface area contributed by atoms with Crippen LogP contribution in [-0.4, -0.2) is 20.1 Å². The van der Waals surface area contributed by atoms with Gasteiger partial charge in [-0.3, -0.25) is 0 Å². The molecule has 0 heterocycles. The molecule has 0 aliphatic rings. The third-order valence-corrected chi connectivity index (χ3v) is 1.55. The third-order valence-electron chi connectivity index (χ3n) is 0.231. The number of hydrogen-bond donors (Lipinski definition) is 0. The molecule has 0 aromatic rings. The summed E-state index contributed by atoms with van der Waals surface area (Å²) in [7, 11) is 0. The van der Waals surface area contributed by atoms with Crippen molar-refractivity contribution in [2.24, 2.45) is 0 Å². The first-order chi connectivity index (χ1) is 2.56. The molecule has 0 nitrogen and oxygen atoms in total. The summed E-state index contributed by atoms with van der Waals surface area (Å²) in [5, 5.41) is 0. The predicted molar refractivity (Wildman–Crippen MR) is 19.3 cm³/mol. The van der Waals surface area contributed by atoms with Crippen molar-refractivity contribution < 1.29 is 8.60 Å². The molecule has 0 aromatic heterocycles. The number of rotatable bonds is 1. The molecule has 0 aliphatic carbocycles. The van der Waals surface area contributed by atoms with Crippen molar-refractivity contribution in [1.29, 1.82) is 0 Å². The van der Waals surface area contributed by atoms with E-state index in [1.165, 1.54) is 0 Å². The monoisotopic (exact) mass is 204 g/mol. The van der Waals surface area contributed by atoms with Gasteiger partial charge in [0.2, 0.25) is 0 Å². The maximum absolute atomic E-state index is 10.9. The second-order valence-electron chi connectivity index (χ2n) is 0.746. The van der Waals surface area contributed by atoms with Gasteiger partial charge in [-0.1, -0.05) is 0 Å². The van der Waals surface area contributed by atoms with Crippen LogP contribution in [0.4, 0.5) is 8.60 Å². The molecular weight excluding hydrogens is 200 g/mol. The fourth-order valence-corrected chi connectivity index (χ4v) is 0. The Kier molecular flexibility index (Phi) is 1.96. The van der Waals surface area contributed by atoms with Gasteiger partial charge >= 0.3 is 39.4 Å². The second kappa shape index (κ2) is 1.86. The zero-order valence-electron chi connectivity index (χ0n) is 2.92. The second-order valence-corrected chi connectivity index (χ2v) is 5.00. The van der Waals surface area contributed by atoms with Crippen LogP contribution >= 0.6 is 0 Å². The van der Waals surface area contributed by atoms with E-state index < -0.39 is 20.1 Å². The SMILES string of the molecule is C=[CH][Sn]([F])([F])[F]. The topological polar surface area (TPSA) is 0 Å². The van der Waals surface area contributed by atoms with Crippen molar-refractivity contribution in [2.75, 3.05) is 0 Å². The van der Waals surface area contributed by atoms with E-state index in [1.54, 1.807) is 0 Å². The van der Waals surface area contributed by atoms with E-state index in [2.05, 4.69) is 6.58 Å². The zero-order valence-corrected chi connectivity index (χ0v) is 5.77. The van der Waals surface area contributed by atoms with Gasteiger partial charge in [-0.15, -0.1) is 0 Å². The van der Waals surface area contributed by atoms with Gasteiger partial charge in [0.05, 0.1) is 0 Å². The molecular formula is C2H3F3Sn. The molecule has 4 heteroatoms. The summed E-state index contributed by atoms with van der Waals surface area (Å²) in [6, 6.07) is 0. The van der Waals surface area contributed by atoms with Gasteiger partial charge in [0, 0.05) is 0 Å². The van der Waals surface area contributed by atoms with E-state index >= 15 is 0 Å². The first-order valence-electron chi connectivity index (χ1n) is 1.26. The van der Waals surface area contributed by atoms with E-state index in [-0.39, 0.29) is 4.09 Å². The van der Waals surface area contributed by atoms with Crippen molar-refractivity contribution in [3.8, 4) is 0 Å². The molecule has 0 amide bonds. The molecule has 0 saturated carbocycles. The normalized spacial score (nSPS) is 11.2. The first-order valence-corrected chi connectivity index (χ1v) is 6.15. The molecule has 0 radical (unpaired) electrons. The molecule has 0 unspecified atom stereocenters. The van der Waals surface area contributed by atoms with Crippen molar-refractivity contribution >= 4 is 20.1 Å². The molecule has 6 heavy (non-hydrogen) atoms. The Bertz CT molecular complexity index is 54.3. The van der Waals surface area contributed by atoms with Crippen molar-refractivity contribution in [2.45, 2.75) is 0 Å². The van der Waals surface area contributed by atoms with Gasteiger partial charge in [0.15, 0.2) is 0 Å². The van der Waals surface area contributed by atoms with Crippen LogP contribution < -0.4 is 0 Å². The number of halogens is 3. The minimum absolute atomic E-state index is 0.147. The van der Waals surface area contributed by atoms with E-state index in [4.69, 9.17) is 0 Å². The van der Waals surface area contributed by atoms with E-state index in [0.717, 1.165) is 0 Å². The van der Waals surface area contributed by atoms with Gasteiger partial charge in [0.25, 0.3) is 0 Å². The molecule has 0 aliphatic heterocycles. The summed E-state index contributed by atoms with van der Waals surface area (Å²) in [6.07, 6.45) is 0. The summed E-state index contributed by atoms with van der Waals surface area (Å²) >= 11 is -5.97. The summed E-state index contributed by atoms with van der Waals surface area (Å²) in [6.45, 7) is 2.60. The molecule has 0 bridgehead atoms. The van der Waals surface area contributed by atoms with E-state index in [1.807, 2.05) is 0 Å². The standard InChI is InChI=1S/C2H3.3FH.Sn/c1-2;;;;/h1H,2H2;3*1H;/q;;;;+3/p-3. The van der Waals surface area contributed by atoms with E-state index in [0.29, 0.717) is 0 Å². The summed E-state index contributed by atoms with van der Waals surface area (Å²) in [5.41, 5.74) is 0. The van der Waals surface area contributed by atoms with Crippen LogP contribution in [0.25, 0.3) is 0 Å². The van der Waals surface area contributed by atoms with Crippen molar-refractivity contribution in [3.63, 3.8) is 0 Å². The Labute approximate surface area is 39.9 Å². The van der Waals surface area contributed by atoms with Crippen LogP contribution in [0.15, 0.2) is 10.7 Å². The van der Waals surface area contributed by atoms with Crippen LogP contribution in [0.1, 0.15) is 0 Å². The van der Waals surface area contributed by atoms with Crippen LogP contribution in [-0.2, 0) is 0 Å². The molecule has 0 spiro atoms.